The van der Waals surface area contributed by atoms with Crippen molar-refractivity contribution < 1.29 is 4.21 Å². The van der Waals surface area contributed by atoms with Crippen LogP contribution in [0, 0.1) is 0 Å². The second kappa shape index (κ2) is 6.04. The minimum atomic E-state index is -0.825. The van der Waals surface area contributed by atoms with E-state index in [1.165, 1.54) is 0 Å². The average Bonchev–Trinajstić information content (AvgIpc) is 1.80. The molecule has 0 aromatic carbocycles. The summed E-state index contributed by atoms with van der Waals surface area (Å²) < 4.78 is 13.8. The fourth-order valence-electron chi connectivity index (χ4n) is 0.331. The van der Waals surface area contributed by atoms with Gasteiger partial charge in [-0.15, -0.1) is 0 Å². The van der Waals surface area contributed by atoms with E-state index < -0.39 is 10.8 Å². The Morgan fingerprint density at radius 1 is 1.78 bits per heavy atom. The molecule has 0 aliphatic carbocycles. The van der Waals surface area contributed by atoms with E-state index in [0.717, 1.165) is 6.42 Å². The first kappa shape index (κ1) is 8.91. The maximum absolute atomic E-state index is 10.4. The molecule has 52 valence electrons. The second-order valence-electron chi connectivity index (χ2n) is 1.51. The Balaban J connectivity index is 3.24. The first-order valence-corrected chi connectivity index (χ1v) is 4.54. The zero-order valence-corrected chi connectivity index (χ0v) is 6.87. The van der Waals surface area contributed by atoms with Gasteiger partial charge in [-0.2, -0.15) is 0 Å². The molecule has 0 rings (SSSR count). The average molecular weight is 163 g/mol. The lowest BCUT2D eigenvalue weighted by Gasteiger charge is -1.81. The summed E-state index contributed by atoms with van der Waals surface area (Å²) in [6, 6.07) is 0. The van der Waals surface area contributed by atoms with Gasteiger partial charge in [0.1, 0.15) is 0 Å². The van der Waals surface area contributed by atoms with Gasteiger partial charge in [0, 0.05) is 29.5 Å². The van der Waals surface area contributed by atoms with Gasteiger partial charge < -0.3 is 0 Å². The van der Waals surface area contributed by atoms with Gasteiger partial charge in [-0.1, -0.05) is 6.08 Å². The highest BCUT2D eigenvalue weighted by Crippen LogP contribution is 1.85. The van der Waals surface area contributed by atoms with Crippen molar-refractivity contribution in [2.24, 2.45) is 4.36 Å². The molecule has 0 spiro atoms. The summed E-state index contributed by atoms with van der Waals surface area (Å²) in [6.45, 7) is 0.642. The highest BCUT2D eigenvalue weighted by Gasteiger charge is 1.78. The largest absolute Gasteiger partial charge is 0.255 e. The van der Waals surface area contributed by atoms with Crippen molar-refractivity contribution >= 4 is 23.2 Å². The molecular formula is C5H9NOS2. The third-order valence-electron chi connectivity index (χ3n) is 0.675. The quantitative estimate of drug-likeness (QED) is 0.579. The van der Waals surface area contributed by atoms with Gasteiger partial charge in [-0.25, -0.2) is 4.36 Å². The molecule has 1 unspecified atom stereocenters. The molecule has 2 nitrogen and oxygen atoms in total. The van der Waals surface area contributed by atoms with E-state index in [2.05, 4.69) is 16.8 Å². The third-order valence-corrected chi connectivity index (χ3v) is 1.43. The molecule has 1 atom stereocenters. The number of hydrogen-bond acceptors (Lipinski definition) is 3. The van der Waals surface area contributed by atoms with Gasteiger partial charge in [0.15, 0.2) is 0 Å². The van der Waals surface area contributed by atoms with E-state index in [9.17, 15) is 4.21 Å². The molecule has 0 aliphatic heterocycles. The lowest BCUT2D eigenvalue weighted by atomic mass is 10.4. The first-order chi connectivity index (χ1) is 4.27. The Hall–Kier alpha value is -0.0900. The van der Waals surface area contributed by atoms with Gasteiger partial charge in [0.2, 0.25) is 0 Å². The highest BCUT2D eigenvalue weighted by molar-refractivity contribution is 7.87. The van der Waals surface area contributed by atoms with Crippen LogP contribution in [-0.4, -0.2) is 17.0 Å². The molecule has 0 aromatic rings. The van der Waals surface area contributed by atoms with Crippen LogP contribution in [0.3, 0.4) is 0 Å². The summed E-state index contributed by atoms with van der Waals surface area (Å²) in [4.78, 5) is 0. The van der Waals surface area contributed by atoms with Crippen LogP contribution in [0.25, 0.3) is 0 Å². The molecule has 9 heavy (non-hydrogen) atoms. The molecular weight excluding hydrogens is 154 g/mol. The van der Waals surface area contributed by atoms with E-state index in [1.807, 2.05) is 6.08 Å². The SMILES string of the molecule is CS(=O)/C=C/CCN=S. The predicted molar refractivity (Wildman–Crippen MR) is 42.5 cm³/mol. The summed E-state index contributed by atoms with van der Waals surface area (Å²) >= 11 is 4.35. The Kier molecular flexibility index (Phi) is 5.98. The van der Waals surface area contributed by atoms with Crippen molar-refractivity contribution in [3.8, 4) is 0 Å². The molecule has 0 radical (unpaired) electrons. The van der Waals surface area contributed by atoms with Crippen molar-refractivity contribution in [3.63, 3.8) is 0 Å². The molecule has 0 aliphatic rings. The molecule has 4 heteroatoms. The molecule has 0 amide bonds. The molecule has 0 fully saturated rings. The van der Waals surface area contributed by atoms with Crippen molar-refractivity contribution in [2.45, 2.75) is 6.42 Å². The monoisotopic (exact) mass is 163 g/mol. The van der Waals surface area contributed by atoms with Crippen LogP contribution in [0.4, 0.5) is 0 Å². The zero-order valence-electron chi connectivity index (χ0n) is 5.24. The van der Waals surface area contributed by atoms with Crippen LogP contribution in [-0.2, 0) is 23.2 Å². The maximum atomic E-state index is 10.4. The van der Waals surface area contributed by atoms with E-state index >= 15 is 0 Å². The highest BCUT2D eigenvalue weighted by atomic mass is 32.2. The first-order valence-electron chi connectivity index (χ1n) is 2.55. The van der Waals surface area contributed by atoms with E-state index in [0.29, 0.717) is 6.54 Å². The van der Waals surface area contributed by atoms with Gasteiger partial charge in [-0.05, 0) is 11.8 Å². The lowest BCUT2D eigenvalue weighted by Crippen LogP contribution is -1.77. The fourth-order valence-corrected chi connectivity index (χ4v) is 0.843. The molecule has 0 saturated heterocycles. The maximum Gasteiger partial charge on any atom is 0.0555 e. The molecule has 0 bridgehead atoms. The van der Waals surface area contributed by atoms with Crippen LogP contribution in [0.5, 0.6) is 0 Å². The number of hydrogen-bond donors (Lipinski definition) is 0. The Morgan fingerprint density at radius 2 is 2.44 bits per heavy atom. The van der Waals surface area contributed by atoms with E-state index in [1.54, 1.807) is 11.7 Å². The molecule has 0 N–H and O–H groups in total. The third kappa shape index (κ3) is 7.91. The standard InChI is InChI=1S/C5H9NOS2/c1-9(7)5-3-2-4-6-8/h3,5H,2,4H2,1H3/b5-3+. The lowest BCUT2D eigenvalue weighted by molar-refractivity contribution is 0.691. The smallest absolute Gasteiger partial charge is 0.0555 e. The summed E-state index contributed by atoms with van der Waals surface area (Å²) in [5, 5.41) is 1.64. The fraction of sp³-hybridized carbons (Fsp3) is 0.600. The van der Waals surface area contributed by atoms with E-state index in [-0.39, 0.29) is 0 Å². The number of rotatable bonds is 4. The predicted octanol–water partition coefficient (Wildman–Crippen LogP) is 0.999. The van der Waals surface area contributed by atoms with Crippen LogP contribution >= 0.6 is 0 Å². The second-order valence-corrected chi connectivity index (χ2v) is 3.04. The Bertz CT molecular complexity index is 133. The summed E-state index contributed by atoms with van der Waals surface area (Å²) in [5.41, 5.74) is 0. The minimum absolute atomic E-state index is 0.642. The van der Waals surface area contributed by atoms with E-state index in [4.69, 9.17) is 0 Å². The van der Waals surface area contributed by atoms with Crippen molar-refractivity contribution in [1.29, 1.82) is 0 Å². The summed E-state index contributed by atoms with van der Waals surface area (Å²) in [7, 11) is -0.825. The number of nitrogens with zero attached hydrogens (tertiary/aromatic N) is 1. The summed E-state index contributed by atoms with van der Waals surface area (Å²) in [5.74, 6) is 0. The normalized spacial score (nSPS) is 13.9. The summed E-state index contributed by atoms with van der Waals surface area (Å²) in [6.07, 6.45) is 4.25. The molecule has 0 aromatic heterocycles. The van der Waals surface area contributed by atoms with Gasteiger partial charge >= 0.3 is 0 Å². The van der Waals surface area contributed by atoms with Gasteiger partial charge in [0.05, 0.1) is 6.54 Å². The van der Waals surface area contributed by atoms with Gasteiger partial charge in [0.25, 0.3) is 0 Å². The van der Waals surface area contributed by atoms with Crippen LogP contribution in [0.2, 0.25) is 0 Å². The van der Waals surface area contributed by atoms with Crippen molar-refractivity contribution in [2.75, 3.05) is 12.8 Å². The van der Waals surface area contributed by atoms with Crippen LogP contribution in [0.15, 0.2) is 15.8 Å². The van der Waals surface area contributed by atoms with Crippen LogP contribution in [0.1, 0.15) is 6.42 Å². The minimum Gasteiger partial charge on any atom is -0.255 e. The topological polar surface area (TPSA) is 29.4 Å². The van der Waals surface area contributed by atoms with Crippen LogP contribution < -0.4 is 0 Å². The molecule has 0 saturated carbocycles. The van der Waals surface area contributed by atoms with Crippen molar-refractivity contribution in [3.05, 3.63) is 11.5 Å². The van der Waals surface area contributed by atoms with Crippen molar-refractivity contribution in [1.82, 2.24) is 0 Å². The zero-order chi connectivity index (χ0) is 7.11. The van der Waals surface area contributed by atoms with Gasteiger partial charge in [-0.3, -0.25) is 4.21 Å². The Morgan fingerprint density at radius 3 is 2.89 bits per heavy atom. The molecule has 0 heterocycles. The Labute approximate surface area is 63.0 Å².